The van der Waals surface area contributed by atoms with E-state index < -0.39 is 10.8 Å². The summed E-state index contributed by atoms with van der Waals surface area (Å²) in [6.07, 6.45) is 1.78. The Morgan fingerprint density at radius 3 is 2.67 bits per heavy atom. The molecule has 6 nitrogen and oxygen atoms in total. The molecule has 1 aromatic carbocycles. The first kappa shape index (κ1) is 16.0. The van der Waals surface area contributed by atoms with Crippen molar-refractivity contribution >= 4 is 34.8 Å². The molecule has 114 valence electrons. The summed E-state index contributed by atoms with van der Waals surface area (Å²) in [6.45, 7) is 1.90. The number of hydrogen-bond acceptors (Lipinski definition) is 4. The zero-order chi connectivity index (χ0) is 15.4. The molecule has 1 aromatic rings. The minimum Gasteiger partial charge on any atom is -0.381 e. The first-order chi connectivity index (χ1) is 9.99. The second-order valence-corrected chi connectivity index (χ2v) is 5.60. The molecule has 1 aliphatic rings. The van der Waals surface area contributed by atoms with Crippen molar-refractivity contribution in [2.75, 3.05) is 19.8 Å². The molecule has 0 aliphatic carbocycles. The van der Waals surface area contributed by atoms with Crippen LogP contribution in [0.25, 0.3) is 0 Å². The van der Waals surface area contributed by atoms with E-state index in [-0.39, 0.29) is 21.3 Å². The van der Waals surface area contributed by atoms with Crippen LogP contribution >= 0.6 is 23.2 Å². The van der Waals surface area contributed by atoms with Crippen molar-refractivity contribution in [1.29, 1.82) is 0 Å². The summed E-state index contributed by atoms with van der Waals surface area (Å²) in [5.74, 6) is -0.0383. The van der Waals surface area contributed by atoms with Gasteiger partial charge < -0.3 is 10.1 Å². The molecule has 0 bridgehead atoms. The Balaban J connectivity index is 2.06. The Kier molecular flexibility index (Phi) is 5.39. The summed E-state index contributed by atoms with van der Waals surface area (Å²) < 4.78 is 5.24. The summed E-state index contributed by atoms with van der Waals surface area (Å²) in [5.41, 5.74) is -0.247. The second kappa shape index (κ2) is 7.06. The normalized spacial score (nSPS) is 15.7. The number of benzene rings is 1. The van der Waals surface area contributed by atoms with E-state index >= 15 is 0 Å². The number of hydrogen-bond donors (Lipinski definition) is 1. The van der Waals surface area contributed by atoms with Gasteiger partial charge in [0.15, 0.2) is 0 Å². The molecule has 0 aromatic heterocycles. The number of nitrogens with one attached hydrogen (secondary N) is 1. The first-order valence-corrected chi connectivity index (χ1v) is 7.24. The summed E-state index contributed by atoms with van der Waals surface area (Å²) in [5, 5.41) is 13.5. The van der Waals surface area contributed by atoms with Gasteiger partial charge in [0.05, 0.1) is 9.95 Å². The van der Waals surface area contributed by atoms with Gasteiger partial charge in [-0.15, -0.1) is 0 Å². The van der Waals surface area contributed by atoms with Gasteiger partial charge in [0.25, 0.3) is 11.6 Å². The minimum atomic E-state index is -0.663. The number of nitro groups is 1. The highest BCUT2D eigenvalue weighted by molar-refractivity contribution is 6.43. The Bertz CT molecular complexity index is 559. The minimum absolute atomic E-state index is 0.0120. The van der Waals surface area contributed by atoms with Crippen LogP contribution in [0.5, 0.6) is 0 Å². The van der Waals surface area contributed by atoms with Gasteiger partial charge in [-0.3, -0.25) is 14.9 Å². The third kappa shape index (κ3) is 4.06. The largest absolute Gasteiger partial charge is 0.381 e. The van der Waals surface area contributed by atoms with Crippen molar-refractivity contribution in [3.05, 3.63) is 37.9 Å². The van der Waals surface area contributed by atoms with Gasteiger partial charge in [0, 0.05) is 31.4 Å². The molecule has 1 amide bonds. The number of rotatable bonds is 4. The van der Waals surface area contributed by atoms with E-state index in [0.29, 0.717) is 25.7 Å². The van der Waals surface area contributed by atoms with Crippen molar-refractivity contribution in [3.63, 3.8) is 0 Å². The molecule has 1 fully saturated rings. The van der Waals surface area contributed by atoms with Crippen molar-refractivity contribution < 1.29 is 14.5 Å². The topological polar surface area (TPSA) is 81.5 Å². The maximum absolute atomic E-state index is 12.1. The van der Waals surface area contributed by atoms with Crippen LogP contribution < -0.4 is 5.32 Å². The lowest BCUT2D eigenvalue weighted by atomic mass is 10.0. The van der Waals surface area contributed by atoms with E-state index in [4.69, 9.17) is 27.9 Å². The van der Waals surface area contributed by atoms with Gasteiger partial charge in [-0.2, -0.15) is 0 Å². The smallest absolute Gasteiger partial charge is 0.290 e. The van der Waals surface area contributed by atoms with Crippen LogP contribution in [0.2, 0.25) is 10.0 Å². The third-order valence-electron chi connectivity index (χ3n) is 3.36. The average Bonchev–Trinajstić information content (AvgIpc) is 2.48. The highest BCUT2D eigenvalue weighted by Gasteiger charge is 2.21. The molecule has 2 rings (SSSR count). The Hall–Kier alpha value is -1.37. The number of amides is 1. The van der Waals surface area contributed by atoms with Crippen LogP contribution in [0.3, 0.4) is 0 Å². The summed E-state index contributed by atoms with van der Waals surface area (Å²) >= 11 is 11.6. The van der Waals surface area contributed by atoms with Gasteiger partial charge >= 0.3 is 0 Å². The number of carbonyl (C=O) groups is 1. The fourth-order valence-corrected chi connectivity index (χ4v) is 2.52. The second-order valence-electron chi connectivity index (χ2n) is 4.81. The van der Waals surface area contributed by atoms with E-state index in [1.54, 1.807) is 0 Å². The van der Waals surface area contributed by atoms with Crippen LogP contribution in [0.15, 0.2) is 12.1 Å². The lowest BCUT2D eigenvalue weighted by Gasteiger charge is -2.22. The third-order valence-corrected chi connectivity index (χ3v) is 4.15. The molecule has 1 aliphatic heterocycles. The number of nitro benzene ring substituents is 1. The predicted octanol–water partition coefficient (Wildman–Crippen LogP) is 3.06. The number of ether oxygens (including phenoxy) is 1. The van der Waals surface area contributed by atoms with E-state index in [9.17, 15) is 14.9 Å². The van der Waals surface area contributed by atoms with Gasteiger partial charge in [-0.05, 0) is 24.8 Å². The summed E-state index contributed by atoms with van der Waals surface area (Å²) in [6, 6.07) is 2.46. The SMILES string of the molecule is O=C(NCC1CCOCC1)c1cc(Cl)c(Cl)c([N+](=O)[O-])c1. The van der Waals surface area contributed by atoms with Crippen molar-refractivity contribution in [1.82, 2.24) is 5.32 Å². The fourth-order valence-electron chi connectivity index (χ4n) is 2.13. The van der Waals surface area contributed by atoms with E-state index in [0.717, 1.165) is 18.9 Å². The number of halogens is 2. The van der Waals surface area contributed by atoms with E-state index in [2.05, 4.69) is 5.32 Å². The quantitative estimate of drug-likeness (QED) is 0.678. The van der Waals surface area contributed by atoms with Gasteiger partial charge in [0.1, 0.15) is 5.02 Å². The van der Waals surface area contributed by atoms with Crippen molar-refractivity contribution in [3.8, 4) is 0 Å². The monoisotopic (exact) mass is 332 g/mol. The van der Waals surface area contributed by atoms with Gasteiger partial charge in [0.2, 0.25) is 0 Å². The molecule has 0 unspecified atom stereocenters. The molecule has 0 atom stereocenters. The predicted molar refractivity (Wildman–Crippen MR) is 79.0 cm³/mol. The van der Waals surface area contributed by atoms with E-state index in [1.165, 1.54) is 6.07 Å². The molecular weight excluding hydrogens is 319 g/mol. The molecule has 8 heteroatoms. The lowest BCUT2D eigenvalue weighted by Crippen LogP contribution is -2.32. The zero-order valence-corrected chi connectivity index (χ0v) is 12.6. The van der Waals surface area contributed by atoms with Crippen LogP contribution in [0, 0.1) is 16.0 Å². The van der Waals surface area contributed by atoms with Crippen molar-refractivity contribution in [2.24, 2.45) is 5.92 Å². The standard InChI is InChI=1S/C13H14Cl2N2O4/c14-10-5-9(6-11(12(10)15)17(19)20)13(18)16-7-8-1-3-21-4-2-8/h5-6,8H,1-4,7H2,(H,16,18). The lowest BCUT2D eigenvalue weighted by molar-refractivity contribution is -0.384. The molecule has 21 heavy (non-hydrogen) atoms. The number of nitrogens with zero attached hydrogens (tertiary/aromatic N) is 1. The summed E-state index contributed by atoms with van der Waals surface area (Å²) in [7, 11) is 0. The van der Waals surface area contributed by atoms with E-state index in [1.807, 2.05) is 0 Å². The Morgan fingerprint density at radius 1 is 1.38 bits per heavy atom. The maximum Gasteiger partial charge on any atom is 0.290 e. The van der Waals surface area contributed by atoms with Gasteiger partial charge in [-0.25, -0.2) is 0 Å². The zero-order valence-electron chi connectivity index (χ0n) is 11.1. The summed E-state index contributed by atoms with van der Waals surface area (Å²) in [4.78, 5) is 22.3. The molecule has 1 saturated heterocycles. The Morgan fingerprint density at radius 2 is 2.05 bits per heavy atom. The molecule has 0 spiro atoms. The molecule has 1 heterocycles. The molecular formula is C13H14Cl2N2O4. The first-order valence-electron chi connectivity index (χ1n) is 6.48. The van der Waals surface area contributed by atoms with Crippen LogP contribution in [-0.4, -0.2) is 30.6 Å². The average molecular weight is 333 g/mol. The van der Waals surface area contributed by atoms with Crippen LogP contribution in [0.4, 0.5) is 5.69 Å². The molecule has 0 saturated carbocycles. The fraction of sp³-hybridized carbons (Fsp3) is 0.462. The van der Waals surface area contributed by atoms with Crippen LogP contribution in [-0.2, 0) is 4.74 Å². The molecule has 1 N–H and O–H groups in total. The van der Waals surface area contributed by atoms with Gasteiger partial charge in [-0.1, -0.05) is 23.2 Å². The van der Waals surface area contributed by atoms with Crippen LogP contribution in [0.1, 0.15) is 23.2 Å². The molecule has 0 radical (unpaired) electrons. The highest BCUT2D eigenvalue weighted by Crippen LogP contribution is 2.33. The van der Waals surface area contributed by atoms with Crippen molar-refractivity contribution in [2.45, 2.75) is 12.8 Å². The Labute approximate surface area is 131 Å². The number of carbonyl (C=O) groups excluding carboxylic acids is 1. The highest BCUT2D eigenvalue weighted by atomic mass is 35.5. The maximum atomic E-state index is 12.1.